The molecule has 5 nitrogen and oxygen atoms in total. The predicted molar refractivity (Wildman–Crippen MR) is 81.5 cm³/mol. The third kappa shape index (κ3) is 3.33. The van der Waals surface area contributed by atoms with Crippen molar-refractivity contribution in [3.63, 3.8) is 0 Å². The van der Waals surface area contributed by atoms with Crippen LogP contribution in [0.3, 0.4) is 0 Å². The quantitative estimate of drug-likeness (QED) is 0.886. The maximum Gasteiger partial charge on any atom is 0.265 e. The Labute approximate surface area is 122 Å². The minimum Gasteiger partial charge on any atom is -0.396 e. The van der Waals surface area contributed by atoms with Gasteiger partial charge in [0.2, 0.25) is 0 Å². The Morgan fingerprint density at radius 2 is 2.10 bits per heavy atom. The van der Waals surface area contributed by atoms with E-state index >= 15 is 0 Å². The third-order valence-electron chi connectivity index (χ3n) is 2.90. The van der Waals surface area contributed by atoms with E-state index in [0.717, 1.165) is 23.5 Å². The first-order chi connectivity index (χ1) is 9.59. The zero-order chi connectivity index (χ0) is 14.5. The highest BCUT2D eigenvalue weighted by Crippen LogP contribution is 2.30. The van der Waals surface area contributed by atoms with Gasteiger partial charge in [0.15, 0.2) is 0 Å². The highest BCUT2D eigenvalue weighted by molar-refractivity contribution is 7.09. The molecule has 2 heterocycles. The average Bonchev–Trinajstić information content (AvgIpc) is 2.81. The maximum atomic E-state index is 12.1. The summed E-state index contributed by atoms with van der Waals surface area (Å²) in [7, 11) is 0. The summed E-state index contributed by atoms with van der Waals surface area (Å²) in [5.74, 6) is 0.405. The van der Waals surface area contributed by atoms with Crippen LogP contribution in [0.2, 0.25) is 0 Å². The van der Waals surface area contributed by atoms with Crippen molar-refractivity contribution >= 4 is 23.1 Å². The smallest absolute Gasteiger partial charge is 0.265 e. The number of anilines is 1. The van der Waals surface area contributed by atoms with E-state index in [9.17, 15) is 4.79 Å². The van der Waals surface area contributed by atoms with Crippen molar-refractivity contribution in [2.24, 2.45) is 5.92 Å². The topological polar surface area (TPSA) is 80.9 Å². The Hall–Kier alpha value is -1.95. The Morgan fingerprint density at radius 3 is 2.75 bits per heavy atom. The number of aromatic nitrogens is 2. The van der Waals surface area contributed by atoms with Gasteiger partial charge in [0.1, 0.15) is 10.6 Å². The van der Waals surface area contributed by atoms with Crippen molar-refractivity contribution in [2.75, 3.05) is 12.3 Å². The normalized spacial score (nSPS) is 10.8. The lowest BCUT2D eigenvalue weighted by Gasteiger charge is -2.06. The Morgan fingerprint density at radius 1 is 1.40 bits per heavy atom. The lowest BCUT2D eigenvalue weighted by atomic mass is 10.1. The summed E-state index contributed by atoms with van der Waals surface area (Å²) in [5.41, 5.74) is 7.98. The van der Waals surface area contributed by atoms with Crippen LogP contribution in [-0.4, -0.2) is 21.8 Å². The van der Waals surface area contributed by atoms with E-state index < -0.39 is 0 Å². The molecule has 0 aliphatic heterocycles. The molecule has 0 fully saturated rings. The Bertz CT molecular complexity index is 580. The first-order valence-corrected chi connectivity index (χ1v) is 7.30. The van der Waals surface area contributed by atoms with Crippen LogP contribution in [0.5, 0.6) is 0 Å². The lowest BCUT2D eigenvalue weighted by molar-refractivity contribution is 0.0957. The fourth-order valence-electron chi connectivity index (χ4n) is 1.73. The molecule has 0 aromatic carbocycles. The summed E-state index contributed by atoms with van der Waals surface area (Å²) in [6.07, 6.45) is 4.30. The van der Waals surface area contributed by atoms with E-state index in [1.807, 2.05) is 12.1 Å². The predicted octanol–water partition coefficient (Wildman–Crippen LogP) is 2.56. The fourth-order valence-corrected chi connectivity index (χ4v) is 2.47. The van der Waals surface area contributed by atoms with Gasteiger partial charge in [-0.25, -0.2) is 0 Å². The van der Waals surface area contributed by atoms with Gasteiger partial charge >= 0.3 is 0 Å². The highest BCUT2D eigenvalue weighted by Gasteiger charge is 2.18. The van der Waals surface area contributed by atoms with Gasteiger partial charge in [-0.3, -0.25) is 9.78 Å². The SMILES string of the molecule is CC(C)CCNC(=O)c1snc(-c2ccncc2)c1N. The van der Waals surface area contributed by atoms with Crippen molar-refractivity contribution in [1.29, 1.82) is 0 Å². The average molecular weight is 290 g/mol. The fraction of sp³-hybridized carbons (Fsp3) is 0.357. The highest BCUT2D eigenvalue weighted by atomic mass is 32.1. The molecule has 20 heavy (non-hydrogen) atoms. The van der Waals surface area contributed by atoms with Crippen LogP contribution in [0.15, 0.2) is 24.5 Å². The van der Waals surface area contributed by atoms with Gasteiger partial charge in [0, 0.05) is 24.5 Å². The van der Waals surface area contributed by atoms with Gasteiger partial charge < -0.3 is 11.1 Å². The number of carbonyl (C=O) groups is 1. The molecule has 6 heteroatoms. The molecule has 0 spiro atoms. The van der Waals surface area contributed by atoms with E-state index in [-0.39, 0.29) is 5.91 Å². The summed E-state index contributed by atoms with van der Waals surface area (Å²) < 4.78 is 4.28. The number of carbonyl (C=O) groups excluding carboxylic acids is 1. The number of nitrogens with zero attached hydrogens (tertiary/aromatic N) is 2. The number of hydrogen-bond donors (Lipinski definition) is 2. The molecule has 2 rings (SSSR count). The molecule has 2 aromatic heterocycles. The number of nitrogens with two attached hydrogens (primary N) is 1. The Balaban J connectivity index is 2.11. The van der Waals surface area contributed by atoms with Crippen molar-refractivity contribution in [1.82, 2.24) is 14.7 Å². The molecule has 3 N–H and O–H groups in total. The zero-order valence-electron chi connectivity index (χ0n) is 11.6. The van der Waals surface area contributed by atoms with E-state index in [1.165, 1.54) is 0 Å². The third-order valence-corrected chi connectivity index (χ3v) is 3.76. The minimum atomic E-state index is -0.152. The van der Waals surface area contributed by atoms with E-state index in [2.05, 4.69) is 28.5 Å². The molecule has 0 aliphatic rings. The van der Waals surface area contributed by atoms with Crippen molar-refractivity contribution in [3.05, 3.63) is 29.4 Å². The summed E-state index contributed by atoms with van der Waals surface area (Å²) >= 11 is 1.13. The summed E-state index contributed by atoms with van der Waals surface area (Å²) in [6, 6.07) is 3.65. The molecule has 0 bridgehead atoms. The number of hydrogen-bond acceptors (Lipinski definition) is 5. The van der Waals surface area contributed by atoms with Crippen LogP contribution in [0.25, 0.3) is 11.3 Å². The number of amides is 1. The molecule has 0 aliphatic carbocycles. The lowest BCUT2D eigenvalue weighted by Crippen LogP contribution is -2.25. The second-order valence-electron chi connectivity index (χ2n) is 4.95. The zero-order valence-corrected chi connectivity index (χ0v) is 12.4. The molecule has 0 saturated carbocycles. The molecule has 0 radical (unpaired) electrons. The number of nitrogen functional groups attached to an aromatic ring is 1. The summed E-state index contributed by atoms with van der Waals surface area (Å²) in [4.78, 5) is 16.5. The van der Waals surface area contributed by atoms with Gasteiger partial charge in [0.25, 0.3) is 5.91 Å². The standard InChI is InChI=1S/C14H18N4OS/c1-9(2)3-8-17-14(19)13-11(15)12(18-20-13)10-4-6-16-7-5-10/h4-7,9H,3,8,15H2,1-2H3,(H,17,19). The first kappa shape index (κ1) is 14.5. The second-order valence-corrected chi connectivity index (χ2v) is 5.72. The summed E-state index contributed by atoms with van der Waals surface area (Å²) in [5, 5.41) is 2.88. The van der Waals surface area contributed by atoms with Crippen LogP contribution < -0.4 is 11.1 Å². The van der Waals surface area contributed by atoms with Gasteiger partial charge in [-0.2, -0.15) is 4.37 Å². The van der Waals surface area contributed by atoms with Gasteiger partial charge in [-0.15, -0.1) is 0 Å². The van der Waals surface area contributed by atoms with Gasteiger partial charge in [-0.05, 0) is 36.0 Å². The second kappa shape index (κ2) is 6.47. The van der Waals surface area contributed by atoms with E-state index in [0.29, 0.717) is 28.7 Å². The minimum absolute atomic E-state index is 0.152. The van der Waals surface area contributed by atoms with E-state index in [4.69, 9.17) is 5.73 Å². The number of rotatable bonds is 5. The molecule has 0 unspecified atom stereocenters. The number of nitrogens with one attached hydrogen (secondary N) is 1. The van der Waals surface area contributed by atoms with Crippen LogP contribution in [0, 0.1) is 5.92 Å². The van der Waals surface area contributed by atoms with Crippen LogP contribution in [0.4, 0.5) is 5.69 Å². The van der Waals surface area contributed by atoms with Gasteiger partial charge in [0.05, 0.1) is 5.69 Å². The van der Waals surface area contributed by atoms with Crippen molar-refractivity contribution in [3.8, 4) is 11.3 Å². The molecule has 0 atom stereocenters. The molecule has 0 saturated heterocycles. The largest absolute Gasteiger partial charge is 0.396 e. The molecular weight excluding hydrogens is 272 g/mol. The molecular formula is C14H18N4OS. The molecule has 106 valence electrons. The van der Waals surface area contributed by atoms with Crippen LogP contribution >= 0.6 is 11.5 Å². The van der Waals surface area contributed by atoms with E-state index in [1.54, 1.807) is 12.4 Å². The number of pyridine rings is 1. The summed E-state index contributed by atoms with van der Waals surface area (Å²) in [6.45, 7) is 4.89. The van der Waals surface area contributed by atoms with Gasteiger partial charge in [-0.1, -0.05) is 13.8 Å². The maximum absolute atomic E-state index is 12.1. The molecule has 1 amide bonds. The Kier molecular flexibility index (Phi) is 4.68. The van der Waals surface area contributed by atoms with Crippen LogP contribution in [0.1, 0.15) is 29.9 Å². The molecule has 2 aromatic rings. The van der Waals surface area contributed by atoms with Crippen LogP contribution in [-0.2, 0) is 0 Å². The van der Waals surface area contributed by atoms with Crippen molar-refractivity contribution < 1.29 is 4.79 Å². The monoisotopic (exact) mass is 290 g/mol. The van der Waals surface area contributed by atoms with Crippen molar-refractivity contribution in [2.45, 2.75) is 20.3 Å². The first-order valence-electron chi connectivity index (χ1n) is 6.53.